The van der Waals surface area contributed by atoms with E-state index in [1.54, 1.807) is 12.3 Å². The minimum atomic E-state index is -4.36. The first-order valence-corrected chi connectivity index (χ1v) is 11.0. The Bertz CT molecular complexity index is 1280. The summed E-state index contributed by atoms with van der Waals surface area (Å²) in [6.45, 7) is 3.52. The van der Waals surface area contributed by atoms with Gasteiger partial charge in [-0.2, -0.15) is 13.2 Å². The number of nitrogens with zero attached hydrogens (tertiary/aromatic N) is 5. The molecule has 0 radical (unpaired) electrons. The van der Waals surface area contributed by atoms with Gasteiger partial charge in [0.15, 0.2) is 11.6 Å². The van der Waals surface area contributed by atoms with Crippen molar-refractivity contribution in [3.05, 3.63) is 77.5 Å². The average molecular weight is 481 g/mol. The number of hydrogen-bond acceptors (Lipinski definition) is 7. The highest BCUT2D eigenvalue weighted by Gasteiger charge is 2.30. The molecule has 0 saturated heterocycles. The Morgan fingerprint density at radius 3 is 2.54 bits per heavy atom. The molecule has 1 aliphatic heterocycles. The van der Waals surface area contributed by atoms with Crippen molar-refractivity contribution in [1.29, 1.82) is 0 Å². The van der Waals surface area contributed by atoms with Crippen LogP contribution in [0.4, 0.5) is 24.7 Å². The molecule has 2 aromatic heterocycles. The molecule has 0 fully saturated rings. The zero-order valence-corrected chi connectivity index (χ0v) is 18.8. The molecule has 0 spiro atoms. The molecule has 3 heterocycles. The molecular formula is C24H22F3N7O. The van der Waals surface area contributed by atoms with Gasteiger partial charge in [0.05, 0.1) is 18.2 Å². The maximum atomic E-state index is 12.9. The second-order valence-electron chi connectivity index (χ2n) is 8.21. The number of anilines is 2. The number of benzene rings is 2. The van der Waals surface area contributed by atoms with Crippen molar-refractivity contribution in [3.8, 4) is 17.1 Å². The lowest BCUT2D eigenvalue weighted by atomic mass is 10.1. The fourth-order valence-corrected chi connectivity index (χ4v) is 4.02. The van der Waals surface area contributed by atoms with Crippen molar-refractivity contribution in [3.63, 3.8) is 0 Å². The Morgan fingerprint density at radius 2 is 1.86 bits per heavy atom. The first-order chi connectivity index (χ1) is 16.9. The molecule has 0 bridgehead atoms. The molecule has 35 heavy (non-hydrogen) atoms. The highest BCUT2D eigenvalue weighted by atomic mass is 19.4. The molecular weight excluding hydrogens is 459 g/mol. The van der Waals surface area contributed by atoms with Gasteiger partial charge in [0.2, 0.25) is 0 Å². The lowest BCUT2D eigenvalue weighted by molar-refractivity contribution is -0.137. The molecule has 4 aromatic rings. The number of tetrazole rings is 1. The molecule has 0 saturated carbocycles. The molecule has 1 atom stereocenters. The first kappa shape index (κ1) is 22.6. The lowest BCUT2D eigenvalue weighted by Gasteiger charge is -2.33. The van der Waals surface area contributed by atoms with Crippen LogP contribution >= 0.6 is 0 Å². The summed E-state index contributed by atoms with van der Waals surface area (Å²) in [5.74, 6) is 1.91. The summed E-state index contributed by atoms with van der Waals surface area (Å²) >= 11 is 0. The maximum Gasteiger partial charge on any atom is 0.416 e. The van der Waals surface area contributed by atoms with Gasteiger partial charge in [0, 0.05) is 24.4 Å². The van der Waals surface area contributed by atoms with E-state index in [2.05, 4.69) is 35.8 Å². The van der Waals surface area contributed by atoms with Gasteiger partial charge in [-0.1, -0.05) is 36.4 Å². The van der Waals surface area contributed by atoms with E-state index in [0.29, 0.717) is 37.1 Å². The summed E-state index contributed by atoms with van der Waals surface area (Å²) in [5, 5.41) is 17.3. The third kappa shape index (κ3) is 4.88. The molecule has 2 aromatic carbocycles. The highest BCUT2D eigenvalue weighted by Crippen LogP contribution is 2.39. The minimum absolute atomic E-state index is 0.0780. The summed E-state index contributed by atoms with van der Waals surface area (Å²) in [6, 6.07) is 14.8. The number of pyridine rings is 1. The van der Waals surface area contributed by atoms with E-state index in [1.165, 1.54) is 12.1 Å². The van der Waals surface area contributed by atoms with Crippen LogP contribution in [0.1, 0.15) is 29.7 Å². The number of hydrogen-bond donors (Lipinski definition) is 2. The van der Waals surface area contributed by atoms with Crippen LogP contribution in [0.25, 0.3) is 11.4 Å². The van der Waals surface area contributed by atoms with E-state index in [9.17, 15) is 13.2 Å². The highest BCUT2D eigenvalue weighted by molar-refractivity contribution is 5.74. The van der Waals surface area contributed by atoms with Crippen molar-refractivity contribution in [2.24, 2.45) is 0 Å². The monoisotopic (exact) mass is 481 g/mol. The van der Waals surface area contributed by atoms with Crippen LogP contribution in [0.2, 0.25) is 0 Å². The van der Waals surface area contributed by atoms with E-state index in [4.69, 9.17) is 4.74 Å². The summed E-state index contributed by atoms with van der Waals surface area (Å²) in [7, 11) is 0. The average Bonchev–Trinajstić information content (AvgIpc) is 3.39. The summed E-state index contributed by atoms with van der Waals surface area (Å²) < 4.78 is 44.6. The van der Waals surface area contributed by atoms with Gasteiger partial charge in [-0.25, -0.2) is 10.1 Å². The SMILES string of the molecule is CC(Nc1nccc2c1N(Cc1ccc(C(F)(F)F)cc1)CCO2)c1ccc(-c2nnn[nH]2)cc1. The third-order valence-corrected chi connectivity index (χ3v) is 5.86. The molecule has 5 rings (SSSR count). The van der Waals surface area contributed by atoms with Crippen molar-refractivity contribution in [2.45, 2.75) is 25.7 Å². The van der Waals surface area contributed by atoms with Crippen LogP contribution in [0.5, 0.6) is 5.75 Å². The molecule has 11 heteroatoms. The Balaban J connectivity index is 1.36. The second-order valence-corrected chi connectivity index (χ2v) is 8.21. The standard InChI is InChI=1S/C24H22F3N7O/c1-15(17-4-6-18(7-5-17)22-30-32-33-31-22)29-23-21-20(10-11-28-23)35-13-12-34(21)14-16-2-8-19(9-3-16)24(25,26)27/h2-11,15H,12-14H2,1H3,(H,28,29)(H,30,31,32,33). The zero-order chi connectivity index (χ0) is 24.4. The van der Waals surface area contributed by atoms with Crippen molar-refractivity contribution >= 4 is 11.5 Å². The van der Waals surface area contributed by atoms with Gasteiger partial charge >= 0.3 is 6.18 Å². The summed E-state index contributed by atoms with van der Waals surface area (Å²) in [6.07, 6.45) is -2.68. The molecule has 0 amide bonds. The number of aromatic nitrogens is 5. The number of aromatic amines is 1. The van der Waals surface area contributed by atoms with E-state index in [1.807, 2.05) is 31.2 Å². The normalized spacial score (nSPS) is 14.2. The number of rotatable bonds is 6. The molecule has 2 N–H and O–H groups in total. The maximum absolute atomic E-state index is 12.9. The van der Waals surface area contributed by atoms with E-state index in [0.717, 1.165) is 34.5 Å². The zero-order valence-electron chi connectivity index (χ0n) is 18.8. The van der Waals surface area contributed by atoms with E-state index >= 15 is 0 Å². The number of H-pyrrole nitrogens is 1. The number of nitrogens with one attached hydrogen (secondary N) is 2. The van der Waals surface area contributed by atoms with Gasteiger partial charge in [0.25, 0.3) is 0 Å². The van der Waals surface area contributed by atoms with Gasteiger partial charge in [-0.15, -0.1) is 5.10 Å². The molecule has 0 aliphatic carbocycles. The summed E-state index contributed by atoms with van der Waals surface area (Å²) in [4.78, 5) is 6.61. The number of alkyl halides is 3. The van der Waals surface area contributed by atoms with Crippen molar-refractivity contribution in [2.75, 3.05) is 23.4 Å². The molecule has 180 valence electrons. The fourth-order valence-electron chi connectivity index (χ4n) is 4.02. The quantitative estimate of drug-likeness (QED) is 0.407. The van der Waals surface area contributed by atoms with Gasteiger partial charge in [0.1, 0.15) is 18.0 Å². The Labute approximate surface area is 199 Å². The van der Waals surface area contributed by atoms with Gasteiger partial charge in [-0.3, -0.25) is 0 Å². The van der Waals surface area contributed by atoms with Gasteiger partial charge < -0.3 is 15.0 Å². The Morgan fingerprint density at radius 1 is 1.09 bits per heavy atom. The van der Waals surface area contributed by atoms with Crippen LogP contribution < -0.4 is 15.0 Å². The number of ether oxygens (including phenoxy) is 1. The molecule has 8 nitrogen and oxygen atoms in total. The molecule has 1 aliphatic rings. The van der Waals surface area contributed by atoms with Crippen LogP contribution in [-0.4, -0.2) is 38.8 Å². The Kier molecular flexibility index (Phi) is 5.98. The van der Waals surface area contributed by atoms with Crippen molar-refractivity contribution < 1.29 is 17.9 Å². The van der Waals surface area contributed by atoms with Crippen LogP contribution in [0.15, 0.2) is 60.8 Å². The Hall–Kier alpha value is -4.15. The minimum Gasteiger partial charge on any atom is -0.489 e. The van der Waals surface area contributed by atoms with Crippen LogP contribution in [-0.2, 0) is 12.7 Å². The fraction of sp³-hybridized carbons (Fsp3) is 0.250. The molecule has 1 unspecified atom stereocenters. The smallest absolute Gasteiger partial charge is 0.416 e. The van der Waals surface area contributed by atoms with Crippen LogP contribution in [0.3, 0.4) is 0 Å². The van der Waals surface area contributed by atoms with E-state index in [-0.39, 0.29) is 6.04 Å². The van der Waals surface area contributed by atoms with Crippen molar-refractivity contribution in [1.82, 2.24) is 25.6 Å². The van der Waals surface area contributed by atoms with Gasteiger partial charge in [-0.05, 0) is 40.6 Å². The number of halogens is 3. The first-order valence-electron chi connectivity index (χ1n) is 11.0. The topological polar surface area (TPSA) is 91.8 Å². The predicted molar refractivity (Wildman–Crippen MR) is 124 cm³/mol. The predicted octanol–water partition coefficient (Wildman–Crippen LogP) is 4.85. The largest absolute Gasteiger partial charge is 0.489 e. The number of fused-ring (bicyclic) bond motifs is 1. The second kappa shape index (κ2) is 9.24. The van der Waals surface area contributed by atoms with Crippen LogP contribution in [0, 0.1) is 0 Å². The lowest BCUT2D eigenvalue weighted by Crippen LogP contribution is -2.33. The third-order valence-electron chi connectivity index (χ3n) is 5.86. The van der Waals surface area contributed by atoms with E-state index < -0.39 is 11.7 Å². The summed E-state index contributed by atoms with van der Waals surface area (Å²) in [5.41, 5.74) is 2.80.